The number of hydrogen-bond acceptors (Lipinski definition) is 2. The molecule has 0 radical (unpaired) electrons. The van der Waals surface area contributed by atoms with Gasteiger partial charge in [0.05, 0.1) is 6.04 Å². The lowest BCUT2D eigenvalue weighted by atomic mass is 10.1. The summed E-state index contributed by atoms with van der Waals surface area (Å²) in [5, 5.41) is 3.25. The summed E-state index contributed by atoms with van der Waals surface area (Å²) in [6, 6.07) is 8.25. The van der Waals surface area contributed by atoms with Crippen LogP contribution in [0.25, 0.3) is 0 Å². The zero-order valence-electron chi connectivity index (χ0n) is 10.6. The van der Waals surface area contributed by atoms with Crippen LogP contribution in [0, 0.1) is 6.92 Å². The molecule has 3 heteroatoms. The van der Waals surface area contributed by atoms with E-state index in [-0.39, 0.29) is 11.9 Å². The molecule has 1 N–H and O–H groups in total. The van der Waals surface area contributed by atoms with Crippen LogP contribution < -0.4 is 5.32 Å². The Morgan fingerprint density at radius 2 is 2.24 bits per heavy atom. The molecule has 1 amide bonds. The third-order valence-corrected chi connectivity index (χ3v) is 3.40. The van der Waals surface area contributed by atoms with E-state index in [9.17, 15) is 4.79 Å². The molecule has 92 valence electrons. The average molecular weight is 232 g/mol. The van der Waals surface area contributed by atoms with Crippen molar-refractivity contribution in [1.29, 1.82) is 0 Å². The maximum atomic E-state index is 12.1. The average Bonchev–Trinajstić information content (AvgIpc) is 2.84. The Morgan fingerprint density at radius 3 is 2.88 bits per heavy atom. The summed E-state index contributed by atoms with van der Waals surface area (Å²) >= 11 is 0. The van der Waals surface area contributed by atoms with Crippen LogP contribution in [0.5, 0.6) is 0 Å². The van der Waals surface area contributed by atoms with Crippen LogP contribution in [0.15, 0.2) is 24.3 Å². The van der Waals surface area contributed by atoms with Gasteiger partial charge in [0, 0.05) is 13.6 Å². The maximum absolute atomic E-state index is 12.1. The predicted molar refractivity (Wildman–Crippen MR) is 68.7 cm³/mol. The van der Waals surface area contributed by atoms with E-state index in [0.717, 1.165) is 19.4 Å². The molecule has 0 bridgehead atoms. The van der Waals surface area contributed by atoms with Crippen LogP contribution in [0.1, 0.15) is 24.0 Å². The quantitative estimate of drug-likeness (QED) is 0.860. The van der Waals surface area contributed by atoms with Gasteiger partial charge in [0.25, 0.3) is 0 Å². The van der Waals surface area contributed by atoms with Crippen LogP contribution in [-0.2, 0) is 11.3 Å². The molecule has 1 aliphatic heterocycles. The molecule has 0 spiro atoms. The topological polar surface area (TPSA) is 32.3 Å². The molecule has 3 nitrogen and oxygen atoms in total. The van der Waals surface area contributed by atoms with Gasteiger partial charge in [0.2, 0.25) is 5.91 Å². The Kier molecular flexibility index (Phi) is 3.79. The first-order chi connectivity index (χ1) is 8.18. The fraction of sp³-hybridized carbons (Fsp3) is 0.500. The first-order valence-electron chi connectivity index (χ1n) is 6.21. The van der Waals surface area contributed by atoms with Gasteiger partial charge in [-0.15, -0.1) is 0 Å². The van der Waals surface area contributed by atoms with Gasteiger partial charge < -0.3 is 10.2 Å². The molecule has 1 aromatic rings. The van der Waals surface area contributed by atoms with Crippen molar-refractivity contribution in [2.45, 2.75) is 32.4 Å². The number of carbonyl (C=O) groups is 1. The number of aryl methyl sites for hydroxylation is 1. The number of carbonyl (C=O) groups excluding carboxylic acids is 1. The lowest BCUT2D eigenvalue weighted by molar-refractivity contribution is -0.132. The number of likely N-dealkylation sites (N-methyl/N-ethyl adjacent to an activating group) is 1. The van der Waals surface area contributed by atoms with Crippen LogP contribution >= 0.6 is 0 Å². The number of hydrogen-bond donors (Lipinski definition) is 1. The van der Waals surface area contributed by atoms with Crippen molar-refractivity contribution in [3.05, 3.63) is 35.4 Å². The van der Waals surface area contributed by atoms with Gasteiger partial charge in [-0.05, 0) is 37.4 Å². The Hall–Kier alpha value is -1.35. The molecule has 1 aliphatic rings. The molecule has 0 saturated carbocycles. The second kappa shape index (κ2) is 5.32. The summed E-state index contributed by atoms with van der Waals surface area (Å²) in [5.41, 5.74) is 2.47. The van der Waals surface area contributed by atoms with Gasteiger partial charge in [-0.2, -0.15) is 0 Å². The molecule has 1 atom stereocenters. The van der Waals surface area contributed by atoms with E-state index >= 15 is 0 Å². The van der Waals surface area contributed by atoms with Crippen molar-refractivity contribution < 1.29 is 4.79 Å². The zero-order chi connectivity index (χ0) is 12.3. The molecule has 1 heterocycles. The highest BCUT2D eigenvalue weighted by atomic mass is 16.2. The summed E-state index contributed by atoms with van der Waals surface area (Å²) in [4.78, 5) is 13.9. The summed E-state index contributed by atoms with van der Waals surface area (Å²) in [6.45, 7) is 3.75. The van der Waals surface area contributed by atoms with Crippen LogP contribution in [-0.4, -0.2) is 30.4 Å². The van der Waals surface area contributed by atoms with Gasteiger partial charge in [0.1, 0.15) is 0 Å². The van der Waals surface area contributed by atoms with Crippen LogP contribution in [0.3, 0.4) is 0 Å². The van der Waals surface area contributed by atoms with E-state index in [1.807, 2.05) is 24.1 Å². The van der Waals surface area contributed by atoms with Crippen molar-refractivity contribution in [2.75, 3.05) is 13.6 Å². The van der Waals surface area contributed by atoms with E-state index in [1.165, 1.54) is 11.1 Å². The SMILES string of the molecule is Cc1ccccc1CN(C)C(=O)[C@H]1CCCN1. The van der Waals surface area contributed by atoms with Crippen molar-refractivity contribution in [2.24, 2.45) is 0 Å². The standard InChI is InChI=1S/C14H20N2O/c1-11-6-3-4-7-12(11)10-16(2)14(17)13-8-5-9-15-13/h3-4,6-7,13,15H,5,8-10H2,1-2H3/t13-/m1/s1. The van der Waals surface area contributed by atoms with Gasteiger partial charge in [0.15, 0.2) is 0 Å². The van der Waals surface area contributed by atoms with E-state index in [0.29, 0.717) is 6.54 Å². The van der Waals surface area contributed by atoms with Crippen molar-refractivity contribution >= 4 is 5.91 Å². The van der Waals surface area contributed by atoms with Crippen molar-refractivity contribution in [1.82, 2.24) is 10.2 Å². The Balaban J connectivity index is 1.99. The first kappa shape index (κ1) is 12.1. The fourth-order valence-electron chi connectivity index (χ4n) is 2.28. The van der Waals surface area contributed by atoms with E-state index in [4.69, 9.17) is 0 Å². The van der Waals surface area contributed by atoms with E-state index < -0.39 is 0 Å². The minimum absolute atomic E-state index is 0.0315. The smallest absolute Gasteiger partial charge is 0.239 e. The van der Waals surface area contributed by atoms with Gasteiger partial charge in [-0.1, -0.05) is 24.3 Å². The van der Waals surface area contributed by atoms with Crippen molar-refractivity contribution in [3.63, 3.8) is 0 Å². The van der Waals surface area contributed by atoms with Crippen molar-refractivity contribution in [3.8, 4) is 0 Å². The Morgan fingerprint density at radius 1 is 1.47 bits per heavy atom. The minimum Gasteiger partial charge on any atom is -0.340 e. The second-order valence-corrected chi connectivity index (χ2v) is 4.77. The Bertz CT molecular complexity index is 397. The molecule has 17 heavy (non-hydrogen) atoms. The lowest BCUT2D eigenvalue weighted by Gasteiger charge is -2.22. The third kappa shape index (κ3) is 2.86. The van der Waals surface area contributed by atoms with Gasteiger partial charge >= 0.3 is 0 Å². The summed E-state index contributed by atoms with van der Waals surface area (Å²) in [6.07, 6.45) is 2.07. The summed E-state index contributed by atoms with van der Waals surface area (Å²) in [7, 11) is 1.88. The molecule has 1 saturated heterocycles. The number of nitrogens with one attached hydrogen (secondary N) is 1. The molecular weight excluding hydrogens is 212 g/mol. The monoisotopic (exact) mass is 232 g/mol. The molecule has 0 aliphatic carbocycles. The van der Waals surface area contributed by atoms with Crippen LogP contribution in [0.4, 0.5) is 0 Å². The van der Waals surface area contributed by atoms with Gasteiger partial charge in [-0.25, -0.2) is 0 Å². The maximum Gasteiger partial charge on any atom is 0.239 e. The first-order valence-corrected chi connectivity index (χ1v) is 6.21. The summed E-state index contributed by atoms with van der Waals surface area (Å²) in [5.74, 6) is 0.214. The summed E-state index contributed by atoms with van der Waals surface area (Å²) < 4.78 is 0. The molecular formula is C14H20N2O. The number of nitrogens with zero attached hydrogens (tertiary/aromatic N) is 1. The predicted octanol–water partition coefficient (Wildman–Crippen LogP) is 1.71. The van der Waals surface area contributed by atoms with E-state index in [1.54, 1.807) is 0 Å². The van der Waals surface area contributed by atoms with Crippen LogP contribution in [0.2, 0.25) is 0 Å². The molecule has 0 aromatic heterocycles. The second-order valence-electron chi connectivity index (χ2n) is 4.77. The largest absolute Gasteiger partial charge is 0.340 e. The normalized spacial score (nSPS) is 19.3. The number of rotatable bonds is 3. The fourth-order valence-corrected chi connectivity index (χ4v) is 2.28. The highest BCUT2D eigenvalue weighted by Gasteiger charge is 2.24. The highest BCUT2D eigenvalue weighted by Crippen LogP contribution is 2.13. The molecule has 0 unspecified atom stereocenters. The molecule has 2 rings (SSSR count). The minimum atomic E-state index is 0.0315. The lowest BCUT2D eigenvalue weighted by Crippen LogP contribution is -2.41. The highest BCUT2D eigenvalue weighted by molar-refractivity contribution is 5.81. The van der Waals surface area contributed by atoms with E-state index in [2.05, 4.69) is 24.4 Å². The van der Waals surface area contributed by atoms with Gasteiger partial charge in [-0.3, -0.25) is 4.79 Å². The number of benzene rings is 1. The third-order valence-electron chi connectivity index (χ3n) is 3.40. The molecule has 1 fully saturated rings. The number of amides is 1. The Labute approximate surface area is 103 Å². The zero-order valence-corrected chi connectivity index (χ0v) is 10.6. The molecule has 1 aromatic carbocycles.